The van der Waals surface area contributed by atoms with Gasteiger partial charge in [0.25, 0.3) is 0 Å². The van der Waals surface area contributed by atoms with Crippen LogP contribution < -0.4 is 10.6 Å². The predicted octanol–water partition coefficient (Wildman–Crippen LogP) is 2.41. The van der Waals surface area contributed by atoms with E-state index in [9.17, 15) is 26.7 Å². The normalized spacial score (nSPS) is 27.9. The van der Waals surface area contributed by atoms with Crippen molar-refractivity contribution in [3.63, 3.8) is 0 Å². The summed E-state index contributed by atoms with van der Waals surface area (Å²) in [6, 6.07) is -0.165. The Labute approximate surface area is 188 Å². The number of hydrogen-bond donors (Lipinski definition) is 3. The molecule has 12 heteroatoms. The molecule has 7 nitrogen and oxygen atoms in total. The molecular weight excluding hydrogens is 524 g/mol. The van der Waals surface area contributed by atoms with E-state index in [4.69, 9.17) is 0 Å². The summed E-state index contributed by atoms with van der Waals surface area (Å²) in [5, 5.41) is 16.6. The molecule has 2 atom stereocenters. The monoisotopic (exact) mass is 556 g/mol. The minimum atomic E-state index is -5.27. The number of alkyl halides is 3. The molecule has 2 unspecified atom stereocenters. The lowest BCUT2D eigenvalue weighted by molar-refractivity contribution is -0.0494. The molecule has 0 aromatic carbocycles. The van der Waals surface area contributed by atoms with Crippen molar-refractivity contribution in [2.45, 2.75) is 70.0 Å². The number of sulfonamides is 1. The molecule has 3 N–H and O–H groups in total. The summed E-state index contributed by atoms with van der Waals surface area (Å²) in [7, 11) is -5.27. The van der Waals surface area contributed by atoms with Crippen LogP contribution in [-0.4, -0.2) is 67.6 Å². The van der Waals surface area contributed by atoms with E-state index in [1.165, 1.54) is 0 Å². The molecule has 0 spiro atoms. The fourth-order valence-electron chi connectivity index (χ4n) is 3.73. The van der Waals surface area contributed by atoms with Crippen LogP contribution in [-0.2, 0) is 10.0 Å². The first-order valence-corrected chi connectivity index (χ1v) is 11.2. The summed E-state index contributed by atoms with van der Waals surface area (Å²) >= 11 is 0. The number of nitrogens with one attached hydrogen (secondary N) is 2. The Morgan fingerprint density at radius 3 is 2.38 bits per heavy atom. The summed E-state index contributed by atoms with van der Waals surface area (Å²) < 4.78 is 61.5. The smallest absolute Gasteiger partial charge is 0.392 e. The van der Waals surface area contributed by atoms with Crippen molar-refractivity contribution in [3.05, 3.63) is 0 Å². The minimum Gasteiger partial charge on any atom is -0.392 e. The molecule has 29 heavy (non-hydrogen) atoms. The second-order valence-corrected chi connectivity index (χ2v) is 9.81. The zero-order chi connectivity index (χ0) is 21.0. The first kappa shape index (κ1) is 26.7. The molecule has 1 aliphatic heterocycles. The van der Waals surface area contributed by atoms with Crippen LogP contribution in [0.25, 0.3) is 0 Å². The minimum absolute atomic E-state index is 0. The van der Waals surface area contributed by atoms with E-state index < -0.39 is 21.6 Å². The van der Waals surface area contributed by atoms with Crippen LogP contribution in [0.5, 0.6) is 0 Å². The predicted molar refractivity (Wildman–Crippen MR) is 117 cm³/mol. The molecule has 0 amide bonds. The lowest BCUT2D eigenvalue weighted by Crippen LogP contribution is -2.52. The quantitative estimate of drug-likeness (QED) is 0.275. The highest BCUT2D eigenvalue weighted by atomic mass is 127. The molecule has 1 saturated heterocycles. The van der Waals surface area contributed by atoms with Gasteiger partial charge in [-0.1, -0.05) is 19.8 Å². The molecule has 2 fully saturated rings. The number of halogens is 4. The van der Waals surface area contributed by atoms with Crippen molar-refractivity contribution in [1.82, 2.24) is 14.9 Å². The first-order valence-electron chi connectivity index (χ1n) is 9.79. The number of nitrogens with zero attached hydrogens (tertiary/aromatic N) is 2. The van der Waals surface area contributed by atoms with Gasteiger partial charge in [0.1, 0.15) is 0 Å². The van der Waals surface area contributed by atoms with E-state index in [0.29, 0.717) is 23.4 Å². The first-order chi connectivity index (χ1) is 13.0. The van der Waals surface area contributed by atoms with Crippen molar-refractivity contribution < 1.29 is 26.7 Å². The molecular formula is C17H32F3IN4O3S. The molecule has 0 aromatic heterocycles. The van der Waals surface area contributed by atoms with E-state index in [0.717, 1.165) is 25.7 Å². The number of aliphatic hydroxyl groups is 1. The number of aliphatic imine (C=N–C) groups is 1. The van der Waals surface area contributed by atoms with Crippen molar-refractivity contribution in [3.8, 4) is 0 Å². The van der Waals surface area contributed by atoms with Crippen LogP contribution in [0.2, 0.25) is 0 Å². The van der Waals surface area contributed by atoms with Gasteiger partial charge in [0.2, 0.25) is 0 Å². The van der Waals surface area contributed by atoms with E-state index >= 15 is 0 Å². The van der Waals surface area contributed by atoms with Crippen molar-refractivity contribution in [1.29, 1.82) is 0 Å². The van der Waals surface area contributed by atoms with Crippen molar-refractivity contribution in [2.24, 2.45) is 10.4 Å². The zero-order valence-corrected chi connectivity index (χ0v) is 20.0. The van der Waals surface area contributed by atoms with Gasteiger partial charge in [0.05, 0.1) is 12.6 Å². The summed E-state index contributed by atoms with van der Waals surface area (Å²) in [6.07, 6.45) is 3.85. The summed E-state index contributed by atoms with van der Waals surface area (Å²) in [6.45, 7) is 4.62. The van der Waals surface area contributed by atoms with Crippen molar-refractivity contribution >= 4 is 40.0 Å². The van der Waals surface area contributed by atoms with E-state index in [2.05, 4.69) is 15.6 Å². The molecule has 0 radical (unpaired) electrons. The number of hydrogen-bond acceptors (Lipinski definition) is 4. The Kier molecular flexibility index (Phi) is 9.94. The average Bonchev–Trinajstić information content (AvgIpc) is 2.62. The van der Waals surface area contributed by atoms with Crippen LogP contribution in [0.3, 0.4) is 0 Å². The van der Waals surface area contributed by atoms with Crippen LogP contribution >= 0.6 is 24.0 Å². The summed E-state index contributed by atoms with van der Waals surface area (Å²) in [5.41, 5.74) is -5.55. The molecule has 1 saturated carbocycles. The van der Waals surface area contributed by atoms with Gasteiger partial charge in [-0.3, -0.25) is 4.99 Å². The second-order valence-electron chi connectivity index (χ2n) is 7.88. The largest absolute Gasteiger partial charge is 0.511 e. The van der Waals surface area contributed by atoms with E-state index in [1.807, 2.05) is 13.8 Å². The molecule has 1 heterocycles. The van der Waals surface area contributed by atoms with Crippen molar-refractivity contribution in [2.75, 3.05) is 26.2 Å². The van der Waals surface area contributed by atoms with Gasteiger partial charge in [-0.05, 0) is 32.6 Å². The van der Waals surface area contributed by atoms with E-state index in [-0.39, 0.29) is 61.4 Å². The Balaban J connectivity index is 0.00000420. The number of rotatable bonds is 5. The zero-order valence-electron chi connectivity index (χ0n) is 16.8. The molecule has 0 aromatic rings. The fourth-order valence-corrected chi connectivity index (χ4v) is 4.71. The highest BCUT2D eigenvalue weighted by molar-refractivity contribution is 14.0. The topological polar surface area (TPSA) is 94.0 Å². The van der Waals surface area contributed by atoms with Crippen LogP contribution in [0, 0.1) is 5.41 Å². The molecule has 2 rings (SSSR count). The second kappa shape index (κ2) is 10.8. The highest BCUT2D eigenvalue weighted by Crippen LogP contribution is 2.36. The Bertz CT molecular complexity index is 655. The molecule has 172 valence electrons. The van der Waals surface area contributed by atoms with Gasteiger partial charge < -0.3 is 15.7 Å². The molecule has 1 aliphatic carbocycles. The lowest BCUT2D eigenvalue weighted by Gasteiger charge is -2.37. The maximum atomic E-state index is 12.7. The number of aliphatic hydroxyl groups excluding tert-OH is 1. The Morgan fingerprint density at radius 2 is 1.86 bits per heavy atom. The molecule has 0 bridgehead atoms. The Morgan fingerprint density at radius 1 is 1.24 bits per heavy atom. The van der Waals surface area contributed by atoms with E-state index in [1.54, 1.807) is 0 Å². The third-order valence-electron chi connectivity index (χ3n) is 5.65. The molecule has 2 aliphatic rings. The summed E-state index contributed by atoms with van der Waals surface area (Å²) in [4.78, 5) is 4.58. The maximum Gasteiger partial charge on any atom is 0.511 e. The SMILES string of the molecule is CCNC(=NCC1(C)CCCCC1O)NC1CCN(S(=O)(=O)C(F)(F)F)CC1.I. The number of piperidine rings is 1. The average molecular weight is 556 g/mol. The summed E-state index contributed by atoms with van der Waals surface area (Å²) in [5.74, 6) is 0.540. The number of guanidine groups is 1. The van der Waals surface area contributed by atoms with Gasteiger partial charge >= 0.3 is 15.5 Å². The maximum absolute atomic E-state index is 12.7. The Hall–Kier alpha value is -0.340. The highest BCUT2D eigenvalue weighted by Gasteiger charge is 2.50. The standard InChI is InChI=1S/C17H31F3N4O3S.HI/c1-3-21-15(22-12-16(2)9-5-4-6-14(16)25)23-13-7-10-24(11-8-13)28(26,27)17(18,19)20;/h13-14,25H,3-12H2,1-2H3,(H2,21,22,23);1H. The lowest BCUT2D eigenvalue weighted by atomic mass is 9.73. The van der Waals surface area contributed by atoms with Gasteiger partial charge in [0, 0.05) is 31.1 Å². The van der Waals surface area contributed by atoms with Gasteiger partial charge in [0.15, 0.2) is 5.96 Å². The third-order valence-corrected chi connectivity index (χ3v) is 7.28. The third kappa shape index (κ3) is 6.82. The van der Waals surface area contributed by atoms with Gasteiger partial charge in [-0.2, -0.15) is 17.5 Å². The van der Waals surface area contributed by atoms with Gasteiger partial charge in [-0.25, -0.2) is 8.42 Å². The van der Waals surface area contributed by atoms with Gasteiger partial charge in [-0.15, -0.1) is 24.0 Å². The van der Waals surface area contributed by atoms with Crippen LogP contribution in [0.1, 0.15) is 52.4 Å². The fraction of sp³-hybridized carbons (Fsp3) is 0.941. The van der Waals surface area contributed by atoms with Crippen LogP contribution in [0.15, 0.2) is 4.99 Å². The van der Waals surface area contributed by atoms with Crippen LogP contribution in [0.4, 0.5) is 13.2 Å².